The second kappa shape index (κ2) is 6.64. The lowest BCUT2D eigenvalue weighted by molar-refractivity contribution is 0.652. The van der Waals surface area contributed by atoms with E-state index in [0.29, 0.717) is 11.9 Å². The molecule has 0 saturated heterocycles. The lowest BCUT2D eigenvalue weighted by Crippen LogP contribution is -2.34. The van der Waals surface area contributed by atoms with Crippen LogP contribution >= 0.6 is 15.9 Å². The molecule has 0 heterocycles. The molecule has 1 unspecified atom stereocenters. The Morgan fingerprint density at radius 2 is 1.88 bits per heavy atom. The molecular formula is C13H20BrN3. The maximum Gasteiger partial charge on any atom is 0.189 e. The summed E-state index contributed by atoms with van der Waals surface area (Å²) >= 11 is 3.42. The Labute approximate surface area is 112 Å². The fourth-order valence-electron chi connectivity index (χ4n) is 1.38. The molecular weight excluding hydrogens is 278 g/mol. The molecule has 0 fully saturated rings. The van der Waals surface area contributed by atoms with Crippen molar-refractivity contribution in [3.63, 3.8) is 0 Å². The maximum absolute atomic E-state index is 5.82. The lowest BCUT2D eigenvalue weighted by atomic mass is 10.1. The standard InChI is InChI=1S/C13H20BrN3/c1-9(2)8-16-13(15)17-10(3)11-4-6-12(14)7-5-11/h4-7,9-10H,8H2,1-3H3,(H3,15,16,17). The van der Waals surface area contributed by atoms with Gasteiger partial charge in [-0.15, -0.1) is 0 Å². The average molecular weight is 298 g/mol. The van der Waals surface area contributed by atoms with Crippen LogP contribution in [-0.2, 0) is 0 Å². The number of benzene rings is 1. The van der Waals surface area contributed by atoms with Gasteiger partial charge in [-0.1, -0.05) is 41.9 Å². The molecule has 0 spiro atoms. The van der Waals surface area contributed by atoms with Gasteiger partial charge in [0.05, 0.1) is 6.04 Å². The van der Waals surface area contributed by atoms with Crippen molar-refractivity contribution in [2.24, 2.45) is 16.6 Å². The van der Waals surface area contributed by atoms with E-state index in [1.807, 2.05) is 12.1 Å². The van der Waals surface area contributed by atoms with Crippen LogP contribution < -0.4 is 11.1 Å². The van der Waals surface area contributed by atoms with E-state index in [0.717, 1.165) is 11.0 Å². The third-order valence-corrected chi connectivity index (χ3v) is 2.89. The predicted octanol–water partition coefficient (Wildman–Crippen LogP) is 3.07. The van der Waals surface area contributed by atoms with Gasteiger partial charge < -0.3 is 11.1 Å². The first-order valence-electron chi connectivity index (χ1n) is 5.81. The van der Waals surface area contributed by atoms with Gasteiger partial charge in [0.25, 0.3) is 0 Å². The maximum atomic E-state index is 5.82. The van der Waals surface area contributed by atoms with Gasteiger partial charge in [0.15, 0.2) is 5.96 Å². The third-order valence-electron chi connectivity index (χ3n) is 2.36. The van der Waals surface area contributed by atoms with E-state index < -0.39 is 0 Å². The molecule has 1 rings (SSSR count). The first kappa shape index (κ1) is 14.0. The molecule has 0 aliphatic heterocycles. The van der Waals surface area contributed by atoms with Crippen LogP contribution in [0.2, 0.25) is 0 Å². The van der Waals surface area contributed by atoms with Crippen LogP contribution in [0.4, 0.5) is 0 Å². The SMILES string of the molecule is CC(C)CN=C(N)NC(C)c1ccc(Br)cc1. The van der Waals surface area contributed by atoms with E-state index in [-0.39, 0.29) is 6.04 Å². The molecule has 0 radical (unpaired) electrons. The normalized spacial score (nSPS) is 13.8. The summed E-state index contributed by atoms with van der Waals surface area (Å²) < 4.78 is 1.08. The molecule has 17 heavy (non-hydrogen) atoms. The number of nitrogens with two attached hydrogens (primary N) is 1. The monoisotopic (exact) mass is 297 g/mol. The van der Waals surface area contributed by atoms with Crippen LogP contribution in [-0.4, -0.2) is 12.5 Å². The molecule has 0 saturated carbocycles. The van der Waals surface area contributed by atoms with Crippen molar-refractivity contribution < 1.29 is 0 Å². The van der Waals surface area contributed by atoms with Gasteiger partial charge in [-0.2, -0.15) is 0 Å². The molecule has 4 heteroatoms. The fourth-order valence-corrected chi connectivity index (χ4v) is 1.65. The Kier molecular flexibility index (Phi) is 5.48. The summed E-state index contributed by atoms with van der Waals surface area (Å²) in [4.78, 5) is 4.28. The van der Waals surface area contributed by atoms with Gasteiger partial charge >= 0.3 is 0 Å². The molecule has 0 amide bonds. The van der Waals surface area contributed by atoms with E-state index in [9.17, 15) is 0 Å². The highest BCUT2D eigenvalue weighted by Gasteiger charge is 2.05. The molecule has 0 aliphatic carbocycles. The molecule has 94 valence electrons. The number of halogens is 1. The first-order valence-corrected chi connectivity index (χ1v) is 6.60. The van der Waals surface area contributed by atoms with Crippen molar-refractivity contribution >= 4 is 21.9 Å². The molecule has 3 N–H and O–H groups in total. The number of hydrogen-bond acceptors (Lipinski definition) is 1. The number of guanidine groups is 1. The molecule has 0 aromatic heterocycles. The fraction of sp³-hybridized carbons (Fsp3) is 0.462. The van der Waals surface area contributed by atoms with E-state index in [1.165, 1.54) is 5.56 Å². The minimum absolute atomic E-state index is 0.166. The topological polar surface area (TPSA) is 50.4 Å². The van der Waals surface area contributed by atoms with Gasteiger partial charge in [-0.3, -0.25) is 4.99 Å². The highest BCUT2D eigenvalue weighted by Crippen LogP contribution is 2.16. The summed E-state index contributed by atoms with van der Waals surface area (Å²) in [6.07, 6.45) is 0. The smallest absolute Gasteiger partial charge is 0.189 e. The molecule has 3 nitrogen and oxygen atoms in total. The summed E-state index contributed by atoms with van der Waals surface area (Å²) in [5, 5.41) is 3.18. The number of aliphatic imine (C=N–C) groups is 1. The predicted molar refractivity (Wildman–Crippen MR) is 77.0 cm³/mol. The number of rotatable bonds is 4. The largest absolute Gasteiger partial charge is 0.370 e. The lowest BCUT2D eigenvalue weighted by Gasteiger charge is -2.15. The van der Waals surface area contributed by atoms with Crippen LogP contribution in [0.5, 0.6) is 0 Å². The minimum atomic E-state index is 0.166. The second-order valence-electron chi connectivity index (χ2n) is 4.54. The van der Waals surface area contributed by atoms with Crippen molar-refractivity contribution in [1.82, 2.24) is 5.32 Å². The molecule has 1 atom stereocenters. The number of hydrogen-bond donors (Lipinski definition) is 2. The van der Waals surface area contributed by atoms with E-state index >= 15 is 0 Å². The van der Waals surface area contributed by atoms with Crippen LogP contribution in [0.3, 0.4) is 0 Å². The zero-order valence-electron chi connectivity index (χ0n) is 10.6. The van der Waals surface area contributed by atoms with Crippen molar-refractivity contribution in [3.8, 4) is 0 Å². The highest BCUT2D eigenvalue weighted by atomic mass is 79.9. The molecule has 1 aromatic carbocycles. The Balaban J connectivity index is 2.56. The van der Waals surface area contributed by atoms with Crippen molar-refractivity contribution in [3.05, 3.63) is 34.3 Å². The van der Waals surface area contributed by atoms with Crippen molar-refractivity contribution in [2.45, 2.75) is 26.8 Å². The van der Waals surface area contributed by atoms with Gasteiger partial charge in [0.2, 0.25) is 0 Å². The van der Waals surface area contributed by atoms with Crippen LogP contribution in [0.1, 0.15) is 32.4 Å². The first-order chi connectivity index (χ1) is 7.99. The van der Waals surface area contributed by atoms with Gasteiger partial charge in [-0.05, 0) is 30.5 Å². The molecule has 0 bridgehead atoms. The molecule has 0 aliphatic rings. The summed E-state index contributed by atoms with van der Waals surface area (Å²) in [5.74, 6) is 1.03. The van der Waals surface area contributed by atoms with Gasteiger partial charge in [-0.25, -0.2) is 0 Å². The summed E-state index contributed by atoms with van der Waals surface area (Å²) in [6, 6.07) is 8.35. The Morgan fingerprint density at radius 1 is 1.29 bits per heavy atom. The zero-order chi connectivity index (χ0) is 12.8. The Morgan fingerprint density at radius 3 is 2.41 bits per heavy atom. The number of nitrogens with one attached hydrogen (secondary N) is 1. The average Bonchev–Trinajstić information content (AvgIpc) is 2.27. The van der Waals surface area contributed by atoms with Crippen LogP contribution in [0, 0.1) is 5.92 Å². The highest BCUT2D eigenvalue weighted by molar-refractivity contribution is 9.10. The Bertz CT molecular complexity index is 371. The zero-order valence-corrected chi connectivity index (χ0v) is 12.2. The van der Waals surface area contributed by atoms with Crippen LogP contribution in [0.15, 0.2) is 33.7 Å². The van der Waals surface area contributed by atoms with Crippen molar-refractivity contribution in [1.29, 1.82) is 0 Å². The quantitative estimate of drug-likeness (QED) is 0.663. The second-order valence-corrected chi connectivity index (χ2v) is 5.45. The number of nitrogens with zero attached hydrogens (tertiary/aromatic N) is 1. The minimum Gasteiger partial charge on any atom is -0.370 e. The van der Waals surface area contributed by atoms with Gasteiger partial charge in [0.1, 0.15) is 0 Å². The summed E-state index contributed by atoms with van der Waals surface area (Å²) in [7, 11) is 0. The third kappa shape index (κ3) is 5.22. The van der Waals surface area contributed by atoms with E-state index in [4.69, 9.17) is 5.73 Å². The van der Waals surface area contributed by atoms with Crippen LogP contribution in [0.25, 0.3) is 0 Å². The van der Waals surface area contributed by atoms with Crippen molar-refractivity contribution in [2.75, 3.05) is 6.54 Å². The summed E-state index contributed by atoms with van der Waals surface area (Å²) in [6.45, 7) is 7.07. The molecule has 1 aromatic rings. The van der Waals surface area contributed by atoms with E-state index in [1.54, 1.807) is 0 Å². The van der Waals surface area contributed by atoms with E-state index in [2.05, 4.69) is 59.1 Å². The Hall–Kier alpha value is -1.03. The summed E-state index contributed by atoms with van der Waals surface area (Å²) in [5.41, 5.74) is 7.01. The van der Waals surface area contributed by atoms with Gasteiger partial charge in [0, 0.05) is 11.0 Å².